The number of benzene rings is 1. The van der Waals surface area contributed by atoms with Crippen LogP contribution < -0.4 is 10.6 Å². The normalized spacial score (nSPS) is 17.9. The number of hydrogen-bond donors (Lipinski definition) is 2. The Labute approximate surface area is 135 Å². The third-order valence-corrected chi connectivity index (χ3v) is 5.45. The maximum absolute atomic E-state index is 12.1. The van der Waals surface area contributed by atoms with Gasteiger partial charge in [-0.15, -0.1) is 10.2 Å². The monoisotopic (exact) mass is 340 g/mol. The van der Waals surface area contributed by atoms with Gasteiger partial charge in [0.25, 0.3) is 0 Å². The first-order valence-electron chi connectivity index (χ1n) is 6.47. The highest BCUT2D eigenvalue weighted by molar-refractivity contribution is 8.01. The zero-order valence-electron chi connectivity index (χ0n) is 11.0. The summed E-state index contributed by atoms with van der Waals surface area (Å²) in [6.45, 7) is 1.64. The molecule has 3 rings (SSSR count). The van der Waals surface area contributed by atoms with Crippen molar-refractivity contribution in [2.24, 2.45) is 5.92 Å². The van der Waals surface area contributed by atoms with Crippen LogP contribution in [0.4, 0.5) is 5.69 Å². The van der Waals surface area contributed by atoms with Crippen LogP contribution in [0.5, 0.6) is 0 Å². The van der Waals surface area contributed by atoms with Crippen molar-refractivity contribution in [2.45, 2.75) is 15.7 Å². The molecule has 1 aliphatic rings. The Bertz CT molecular complexity index is 629. The van der Waals surface area contributed by atoms with Crippen LogP contribution in [-0.4, -0.2) is 29.2 Å². The number of nitrogens with one attached hydrogen (secondary N) is 2. The summed E-state index contributed by atoms with van der Waals surface area (Å²) in [7, 11) is 0. The first-order valence-corrected chi connectivity index (χ1v) is 8.55. The van der Waals surface area contributed by atoms with Gasteiger partial charge >= 0.3 is 0 Å². The number of rotatable bonds is 4. The van der Waals surface area contributed by atoms with Crippen LogP contribution >= 0.6 is 34.7 Å². The lowest BCUT2D eigenvalue weighted by molar-refractivity contribution is -0.119. The summed E-state index contributed by atoms with van der Waals surface area (Å²) >= 11 is 9.19. The molecule has 0 aliphatic carbocycles. The molecule has 1 fully saturated rings. The van der Waals surface area contributed by atoms with E-state index in [0.29, 0.717) is 5.02 Å². The maximum Gasteiger partial charge on any atom is 0.228 e. The minimum absolute atomic E-state index is 0.0409. The highest BCUT2D eigenvalue weighted by atomic mass is 35.5. The second-order valence-electron chi connectivity index (χ2n) is 4.63. The van der Waals surface area contributed by atoms with Crippen molar-refractivity contribution < 1.29 is 4.79 Å². The molecule has 0 spiro atoms. The molecule has 8 heteroatoms. The van der Waals surface area contributed by atoms with Crippen molar-refractivity contribution in [3.63, 3.8) is 0 Å². The molecule has 1 amide bonds. The van der Waals surface area contributed by atoms with E-state index in [1.54, 1.807) is 11.6 Å². The molecular formula is C13H13ClN4OS2. The van der Waals surface area contributed by atoms with Gasteiger partial charge in [0.2, 0.25) is 5.91 Å². The number of carbonyl (C=O) groups excluding carboxylic acids is 1. The number of aromatic nitrogens is 2. The predicted molar refractivity (Wildman–Crippen MR) is 85.1 cm³/mol. The van der Waals surface area contributed by atoms with E-state index in [9.17, 15) is 4.79 Å². The molecule has 0 unspecified atom stereocenters. The Morgan fingerprint density at radius 3 is 3.10 bits per heavy atom. The van der Waals surface area contributed by atoms with Gasteiger partial charge in [-0.2, -0.15) is 0 Å². The van der Waals surface area contributed by atoms with Crippen molar-refractivity contribution >= 4 is 46.3 Å². The summed E-state index contributed by atoms with van der Waals surface area (Å²) in [5, 5.41) is 14.5. The fourth-order valence-corrected chi connectivity index (χ4v) is 3.82. The molecule has 110 valence electrons. The number of hydrogen-bond acceptors (Lipinski definition) is 6. The minimum atomic E-state index is 0.0409. The average molecular weight is 341 g/mol. The van der Waals surface area contributed by atoms with E-state index in [-0.39, 0.29) is 11.8 Å². The zero-order chi connectivity index (χ0) is 14.7. The van der Waals surface area contributed by atoms with Gasteiger partial charge in [-0.3, -0.25) is 4.79 Å². The third kappa shape index (κ3) is 3.74. The SMILES string of the molecule is O=C(Nc1ccc(Sc2nncs2)c(Cl)c1)[C@H]1CCNC1. The van der Waals surface area contributed by atoms with Gasteiger partial charge in [0.1, 0.15) is 5.51 Å². The molecule has 0 saturated carbocycles. The number of carbonyl (C=O) groups is 1. The fourth-order valence-electron chi connectivity index (χ4n) is 2.09. The first-order chi connectivity index (χ1) is 10.2. The lowest BCUT2D eigenvalue weighted by Gasteiger charge is -2.11. The summed E-state index contributed by atoms with van der Waals surface area (Å²) < 4.78 is 0.839. The van der Waals surface area contributed by atoms with Crippen LogP contribution in [0, 0.1) is 5.92 Å². The lowest BCUT2D eigenvalue weighted by atomic mass is 10.1. The molecule has 0 radical (unpaired) electrons. The molecule has 0 bridgehead atoms. The average Bonchev–Trinajstić information content (AvgIpc) is 3.14. The highest BCUT2D eigenvalue weighted by Gasteiger charge is 2.22. The Kier molecular flexibility index (Phi) is 4.74. The van der Waals surface area contributed by atoms with Crippen molar-refractivity contribution in [1.82, 2.24) is 15.5 Å². The molecule has 1 saturated heterocycles. The van der Waals surface area contributed by atoms with E-state index in [4.69, 9.17) is 11.6 Å². The van der Waals surface area contributed by atoms with Gasteiger partial charge in [-0.1, -0.05) is 34.7 Å². The third-order valence-electron chi connectivity index (χ3n) is 3.17. The fraction of sp³-hybridized carbons (Fsp3) is 0.308. The van der Waals surface area contributed by atoms with Crippen LogP contribution in [0.3, 0.4) is 0 Å². The van der Waals surface area contributed by atoms with Gasteiger partial charge in [-0.05, 0) is 31.2 Å². The van der Waals surface area contributed by atoms with Crippen molar-refractivity contribution in [1.29, 1.82) is 0 Å². The minimum Gasteiger partial charge on any atom is -0.326 e. The van der Waals surface area contributed by atoms with E-state index in [2.05, 4.69) is 20.8 Å². The Balaban J connectivity index is 1.67. The van der Waals surface area contributed by atoms with Gasteiger partial charge in [0.15, 0.2) is 4.34 Å². The van der Waals surface area contributed by atoms with E-state index in [0.717, 1.165) is 34.4 Å². The van der Waals surface area contributed by atoms with Crippen LogP contribution in [-0.2, 0) is 4.79 Å². The number of amides is 1. The molecule has 2 N–H and O–H groups in total. The molecule has 1 aromatic carbocycles. The Morgan fingerprint density at radius 2 is 2.43 bits per heavy atom. The standard InChI is InChI=1S/C13H13ClN4OS2/c14-10-5-9(17-12(19)8-3-4-15-6-8)1-2-11(10)21-13-18-16-7-20-13/h1-2,5,7-8,15H,3-4,6H2,(H,17,19)/t8-/m0/s1. The molecule has 2 heterocycles. The molecule has 2 aromatic rings. The van der Waals surface area contributed by atoms with E-state index >= 15 is 0 Å². The quantitative estimate of drug-likeness (QED) is 0.895. The summed E-state index contributed by atoms with van der Waals surface area (Å²) in [5.41, 5.74) is 2.40. The van der Waals surface area contributed by atoms with E-state index in [1.807, 2.05) is 12.1 Å². The number of nitrogens with zero attached hydrogens (tertiary/aromatic N) is 2. The summed E-state index contributed by atoms with van der Waals surface area (Å²) in [6.07, 6.45) is 0.880. The Hall–Kier alpha value is -1.15. The predicted octanol–water partition coefficient (Wildman–Crippen LogP) is 2.89. The molecule has 5 nitrogen and oxygen atoms in total. The summed E-state index contributed by atoms with van der Waals surface area (Å²) in [5.74, 6) is 0.0832. The molecule has 1 aromatic heterocycles. The van der Waals surface area contributed by atoms with Crippen molar-refractivity contribution in [3.8, 4) is 0 Å². The second-order valence-corrected chi connectivity index (χ2v) is 7.16. The van der Waals surface area contributed by atoms with Crippen LogP contribution in [0.15, 0.2) is 32.9 Å². The maximum atomic E-state index is 12.1. The summed E-state index contributed by atoms with van der Waals surface area (Å²) in [6, 6.07) is 5.51. The van der Waals surface area contributed by atoms with Gasteiger partial charge in [0, 0.05) is 17.1 Å². The van der Waals surface area contributed by atoms with Crippen molar-refractivity contribution in [2.75, 3.05) is 18.4 Å². The largest absolute Gasteiger partial charge is 0.326 e. The van der Waals surface area contributed by atoms with Crippen molar-refractivity contribution in [3.05, 3.63) is 28.7 Å². The van der Waals surface area contributed by atoms with Crippen LogP contribution in [0.1, 0.15) is 6.42 Å². The van der Waals surface area contributed by atoms with Gasteiger partial charge < -0.3 is 10.6 Å². The highest BCUT2D eigenvalue weighted by Crippen LogP contribution is 2.35. The number of anilines is 1. The topological polar surface area (TPSA) is 66.9 Å². The number of halogens is 1. The zero-order valence-corrected chi connectivity index (χ0v) is 13.4. The molecule has 21 heavy (non-hydrogen) atoms. The molecule has 1 atom stereocenters. The first kappa shape index (κ1) is 14.8. The smallest absolute Gasteiger partial charge is 0.228 e. The second kappa shape index (κ2) is 6.74. The van der Waals surface area contributed by atoms with E-state index in [1.165, 1.54) is 23.1 Å². The molecule has 1 aliphatic heterocycles. The lowest BCUT2D eigenvalue weighted by Crippen LogP contribution is -2.24. The van der Waals surface area contributed by atoms with Crippen LogP contribution in [0.2, 0.25) is 5.02 Å². The van der Waals surface area contributed by atoms with Gasteiger partial charge in [-0.25, -0.2) is 0 Å². The van der Waals surface area contributed by atoms with Gasteiger partial charge in [0.05, 0.1) is 10.9 Å². The van der Waals surface area contributed by atoms with Crippen LogP contribution in [0.25, 0.3) is 0 Å². The summed E-state index contributed by atoms with van der Waals surface area (Å²) in [4.78, 5) is 12.9. The Morgan fingerprint density at radius 1 is 1.52 bits per heavy atom. The van der Waals surface area contributed by atoms with E-state index < -0.39 is 0 Å². The molecular weight excluding hydrogens is 328 g/mol.